The highest BCUT2D eigenvalue weighted by atomic mass is 32.2. The van der Waals surface area contributed by atoms with Crippen LogP contribution in [0.25, 0.3) is 0 Å². The lowest BCUT2D eigenvalue weighted by Crippen LogP contribution is -2.47. The lowest BCUT2D eigenvalue weighted by Gasteiger charge is -2.38. The van der Waals surface area contributed by atoms with E-state index < -0.39 is 16.4 Å². The molecule has 0 amide bonds. The van der Waals surface area contributed by atoms with Crippen LogP contribution in [0.5, 0.6) is 0 Å². The first-order valence-electron chi connectivity index (χ1n) is 7.26. The molecule has 114 valence electrons. The molecule has 0 unspecified atom stereocenters. The zero-order valence-corrected chi connectivity index (χ0v) is 13.6. The maximum atomic E-state index is 12.6. The summed E-state index contributed by atoms with van der Waals surface area (Å²) in [6.45, 7) is 5.69. The molecule has 1 N–H and O–H groups in total. The molecular weight excluding hydrogens is 284 g/mol. The molecule has 2 rings (SSSR count). The number of rotatable bonds is 4. The summed E-state index contributed by atoms with van der Waals surface area (Å²) in [7, 11) is -1.28. The van der Waals surface area contributed by atoms with Crippen molar-refractivity contribution in [2.24, 2.45) is 5.92 Å². The normalized spacial score (nSPS) is 27.3. The Morgan fingerprint density at radius 1 is 1.29 bits per heavy atom. The largest absolute Gasteiger partial charge is 0.384 e. The minimum atomic E-state index is -1.28. The molecule has 0 saturated heterocycles. The van der Waals surface area contributed by atoms with Crippen molar-refractivity contribution < 1.29 is 14.1 Å². The van der Waals surface area contributed by atoms with Gasteiger partial charge in [0.25, 0.3) is 0 Å². The number of carbonyl (C=O) groups is 1. The zero-order chi connectivity index (χ0) is 15.6. The number of aryl methyl sites for hydroxylation is 1. The van der Waals surface area contributed by atoms with Gasteiger partial charge in [0.15, 0.2) is 5.78 Å². The summed E-state index contributed by atoms with van der Waals surface area (Å²) in [6, 6.07) is 7.51. The van der Waals surface area contributed by atoms with Crippen LogP contribution in [0.4, 0.5) is 0 Å². The van der Waals surface area contributed by atoms with Gasteiger partial charge in [-0.2, -0.15) is 0 Å². The van der Waals surface area contributed by atoms with Crippen molar-refractivity contribution in [3.63, 3.8) is 0 Å². The van der Waals surface area contributed by atoms with Crippen molar-refractivity contribution in [3.8, 4) is 0 Å². The van der Waals surface area contributed by atoms with Crippen molar-refractivity contribution in [1.29, 1.82) is 0 Å². The lowest BCUT2D eigenvalue weighted by atomic mass is 9.74. The number of carbonyl (C=O) groups excluding carboxylic acids is 1. The summed E-state index contributed by atoms with van der Waals surface area (Å²) in [4.78, 5) is 12.4. The van der Waals surface area contributed by atoms with Gasteiger partial charge < -0.3 is 5.11 Å². The summed E-state index contributed by atoms with van der Waals surface area (Å²) < 4.78 is 12.6. The molecule has 0 saturated carbocycles. The van der Waals surface area contributed by atoms with Gasteiger partial charge in [-0.05, 0) is 50.0 Å². The van der Waals surface area contributed by atoms with E-state index in [1.165, 1.54) is 6.08 Å². The van der Waals surface area contributed by atoms with E-state index in [0.717, 1.165) is 5.56 Å². The van der Waals surface area contributed by atoms with Crippen LogP contribution in [0, 0.1) is 12.8 Å². The SMILES string of the molecule is CC[C@@H]1CC(=O)C=C(C)[C@@]1(O)C[S@@](=O)c1ccc(C)cc1. The smallest absolute Gasteiger partial charge is 0.156 e. The molecule has 0 heterocycles. The molecule has 0 bridgehead atoms. The summed E-state index contributed by atoms with van der Waals surface area (Å²) in [5.41, 5.74) is 0.588. The Kier molecular flexibility index (Phi) is 4.79. The van der Waals surface area contributed by atoms with Gasteiger partial charge in [-0.25, -0.2) is 0 Å². The van der Waals surface area contributed by atoms with Crippen LogP contribution in [0.1, 0.15) is 32.3 Å². The molecule has 1 aliphatic rings. The van der Waals surface area contributed by atoms with Crippen molar-refractivity contribution in [2.45, 2.75) is 44.1 Å². The number of hydrogen-bond acceptors (Lipinski definition) is 3. The molecule has 0 radical (unpaired) electrons. The monoisotopic (exact) mass is 306 g/mol. The van der Waals surface area contributed by atoms with Gasteiger partial charge >= 0.3 is 0 Å². The number of allylic oxidation sites excluding steroid dienone is 1. The van der Waals surface area contributed by atoms with Gasteiger partial charge in [-0.3, -0.25) is 9.00 Å². The molecule has 21 heavy (non-hydrogen) atoms. The number of aliphatic hydroxyl groups is 1. The van der Waals surface area contributed by atoms with Crippen molar-refractivity contribution in [2.75, 3.05) is 5.75 Å². The minimum absolute atomic E-state index is 0.0464. The molecule has 3 atom stereocenters. The Bertz CT molecular complexity index is 589. The van der Waals surface area contributed by atoms with Gasteiger partial charge in [-0.15, -0.1) is 0 Å². The molecule has 0 aromatic heterocycles. The van der Waals surface area contributed by atoms with Crippen molar-refractivity contribution in [3.05, 3.63) is 41.5 Å². The van der Waals surface area contributed by atoms with Crippen LogP contribution >= 0.6 is 0 Å². The van der Waals surface area contributed by atoms with Gasteiger partial charge in [0.2, 0.25) is 0 Å². The first kappa shape index (κ1) is 16.1. The first-order chi connectivity index (χ1) is 9.86. The Hall–Kier alpha value is -1.26. The van der Waals surface area contributed by atoms with Crippen LogP contribution in [0.3, 0.4) is 0 Å². The Morgan fingerprint density at radius 2 is 1.90 bits per heavy atom. The standard InChI is InChI=1S/C17H22O3S/c1-4-14-10-15(18)9-13(3)17(14,19)11-21(20)16-7-5-12(2)6-8-16/h5-9,14,19H,4,10-11H2,1-3H3/t14-,17+,21-/m1/s1. The molecule has 3 nitrogen and oxygen atoms in total. The fraction of sp³-hybridized carbons (Fsp3) is 0.471. The van der Waals surface area contributed by atoms with E-state index in [1.807, 2.05) is 38.1 Å². The molecular formula is C17H22O3S. The highest BCUT2D eigenvalue weighted by Crippen LogP contribution is 2.36. The van der Waals surface area contributed by atoms with E-state index in [-0.39, 0.29) is 17.5 Å². The topological polar surface area (TPSA) is 54.4 Å². The quantitative estimate of drug-likeness (QED) is 0.930. The van der Waals surface area contributed by atoms with Gasteiger partial charge in [-0.1, -0.05) is 24.6 Å². The predicted octanol–water partition coefficient (Wildman–Crippen LogP) is 2.78. The Morgan fingerprint density at radius 3 is 2.48 bits per heavy atom. The first-order valence-corrected chi connectivity index (χ1v) is 8.57. The van der Waals surface area contributed by atoms with Crippen molar-refractivity contribution >= 4 is 16.6 Å². The average molecular weight is 306 g/mol. The summed E-state index contributed by atoms with van der Waals surface area (Å²) >= 11 is 0. The van der Waals surface area contributed by atoms with Crippen LogP contribution in [-0.2, 0) is 15.6 Å². The van der Waals surface area contributed by atoms with Crippen LogP contribution < -0.4 is 0 Å². The second-order valence-electron chi connectivity index (χ2n) is 5.83. The highest BCUT2D eigenvalue weighted by Gasteiger charge is 2.42. The number of ketones is 1. The van der Waals surface area contributed by atoms with E-state index >= 15 is 0 Å². The molecule has 0 fully saturated rings. The fourth-order valence-corrected chi connectivity index (χ4v) is 4.32. The predicted molar refractivity (Wildman–Crippen MR) is 84.6 cm³/mol. The van der Waals surface area contributed by atoms with Gasteiger partial charge in [0, 0.05) is 11.3 Å². The number of benzene rings is 1. The maximum absolute atomic E-state index is 12.6. The molecule has 0 spiro atoms. The summed E-state index contributed by atoms with van der Waals surface area (Å²) in [5.74, 6) is 0.0269. The molecule has 1 aromatic carbocycles. The number of hydrogen-bond donors (Lipinski definition) is 1. The third-order valence-electron chi connectivity index (χ3n) is 4.31. The molecule has 4 heteroatoms. The van der Waals surface area contributed by atoms with Gasteiger partial charge in [0.05, 0.1) is 16.6 Å². The minimum Gasteiger partial charge on any atom is -0.384 e. The molecule has 0 aliphatic heterocycles. The third kappa shape index (κ3) is 3.33. The third-order valence-corrected chi connectivity index (χ3v) is 5.81. The van der Waals surface area contributed by atoms with Gasteiger partial charge in [0.1, 0.15) is 5.60 Å². The molecule has 1 aromatic rings. The Labute approximate surface area is 128 Å². The van der Waals surface area contributed by atoms with Crippen molar-refractivity contribution in [1.82, 2.24) is 0 Å². The summed E-state index contributed by atoms with van der Waals surface area (Å²) in [5, 5.41) is 11.0. The second kappa shape index (κ2) is 6.24. The lowest BCUT2D eigenvalue weighted by molar-refractivity contribution is -0.118. The zero-order valence-electron chi connectivity index (χ0n) is 12.8. The fourth-order valence-electron chi connectivity index (χ4n) is 2.85. The maximum Gasteiger partial charge on any atom is 0.156 e. The second-order valence-corrected chi connectivity index (χ2v) is 7.28. The average Bonchev–Trinajstić information content (AvgIpc) is 2.43. The highest BCUT2D eigenvalue weighted by molar-refractivity contribution is 7.85. The van der Waals surface area contributed by atoms with Crippen LogP contribution in [0.15, 0.2) is 40.8 Å². The summed E-state index contributed by atoms with van der Waals surface area (Å²) in [6.07, 6.45) is 2.52. The van der Waals surface area contributed by atoms with E-state index in [9.17, 15) is 14.1 Å². The van der Waals surface area contributed by atoms with E-state index in [4.69, 9.17) is 0 Å². The van der Waals surface area contributed by atoms with E-state index in [1.54, 1.807) is 6.92 Å². The molecule has 1 aliphatic carbocycles. The van der Waals surface area contributed by atoms with Crippen LogP contribution in [0.2, 0.25) is 0 Å². The van der Waals surface area contributed by atoms with Crippen LogP contribution in [-0.4, -0.2) is 26.5 Å². The Balaban J connectivity index is 2.26. The van der Waals surface area contributed by atoms with E-state index in [0.29, 0.717) is 23.3 Å². The van der Waals surface area contributed by atoms with E-state index in [2.05, 4.69) is 0 Å².